The Morgan fingerprint density at radius 2 is 1.05 bits per heavy atom. The molecule has 0 unspecified atom stereocenters. The molecule has 0 bridgehead atoms. The normalized spacial score (nSPS) is 14.2. The first-order valence-corrected chi connectivity index (χ1v) is 21.8. The van der Waals surface area contributed by atoms with E-state index in [1.54, 1.807) is 6.08 Å². The zero-order chi connectivity index (χ0) is 40.5. The van der Waals surface area contributed by atoms with Crippen molar-refractivity contribution in [1.29, 1.82) is 0 Å². The summed E-state index contributed by atoms with van der Waals surface area (Å²) in [5, 5.41) is 10.0. The van der Waals surface area contributed by atoms with E-state index in [-0.39, 0.29) is 19.4 Å². The van der Waals surface area contributed by atoms with Gasteiger partial charge in [-0.25, -0.2) is 4.57 Å². The Bertz CT molecular complexity index is 1270. The van der Waals surface area contributed by atoms with Crippen molar-refractivity contribution in [2.75, 3.05) is 13.2 Å². The van der Waals surface area contributed by atoms with E-state index >= 15 is 0 Å². The highest BCUT2D eigenvalue weighted by molar-refractivity contribution is 7.46. The van der Waals surface area contributed by atoms with Crippen LogP contribution in [0.3, 0.4) is 0 Å². The number of aliphatic hydroxyl groups is 1. The van der Waals surface area contributed by atoms with Gasteiger partial charge in [-0.3, -0.25) is 14.1 Å². The summed E-state index contributed by atoms with van der Waals surface area (Å²) in [6, 6.07) is 0. The monoisotopic (exact) mass is 786 g/mol. The highest BCUT2D eigenvalue weighted by Crippen LogP contribution is 2.35. The Hall–Kier alpha value is -3.33. The molecule has 0 fully saturated rings. The summed E-state index contributed by atoms with van der Waals surface area (Å²) in [4.78, 5) is 42.7. The molecule has 0 aliphatic rings. The van der Waals surface area contributed by atoms with E-state index in [4.69, 9.17) is 19.3 Å². The fraction of sp³-hybridized carbons (Fsp3) is 0.556. The molecular weight excluding hydrogens is 715 g/mol. The lowest BCUT2D eigenvalue weighted by atomic mass is 10.2. The summed E-state index contributed by atoms with van der Waals surface area (Å²) in [5.74, 6) is -1.10. The van der Waals surface area contributed by atoms with Gasteiger partial charge in [0.25, 0.3) is 0 Å². The summed E-state index contributed by atoms with van der Waals surface area (Å²) < 4.78 is 26.2. The lowest BCUT2D eigenvalue weighted by Crippen LogP contribution is -2.29. The fourth-order valence-corrected chi connectivity index (χ4v) is 5.14. The van der Waals surface area contributed by atoms with Crippen molar-refractivity contribution in [2.45, 2.75) is 148 Å². The number of esters is 2. The Balaban J connectivity index is 4.25. The van der Waals surface area contributed by atoms with Crippen LogP contribution in [-0.4, -0.2) is 52.3 Å². The maximum absolute atomic E-state index is 12.4. The molecule has 55 heavy (non-hydrogen) atoms. The van der Waals surface area contributed by atoms with E-state index in [2.05, 4.69) is 73.1 Å². The van der Waals surface area contributed by atoms with Crippen LogP contribution in [0.25, 0.3) is 0 Å². The summed E-state index contributed by atoms with van der Waals surface area (Å²) in [6.45, 7) is 3.42. The van der Waals surface area contributed by atoms with Crippen LogP contribution < -0.4 is 0 Å². The molecule has 10 heteroatoms. The molecule has 0 saturated carbocycles. The van der Waals surface area contributed by atoms with Crippen LogP contribution in [0.15, 0.2) is 109 Å². The minimum atomic E-state index is -4.81. The van der Waals surface area contributed by atoms with Crippen molar-refractivity contribution in [3.8, 4) is 0 Å². The van der Waals surface area contributed by atoms with Gasteiger partial charge in [0, 0.05) is 12.8 Å². The van der Waals surface area contributed by atoms with Gasteiger partial charge < -0.3 is 24.4 Å². The maximum atomic E-state index is 12.4. The topological polar surface area (TPSA) is 140 Å². The van der Waals surface area contributed by atoms with Crippen LogP contribution in [-0.2, 0) is 28.2 Å². The minimum Gasteiger partial charge on any atom is -0.462 e. The third-order valence-electron chi connectivity index (χ3n) is 7.86. The van der Waals surface area contributed by atoms with Crippen molar-refractivity contribution < 1.29 is 43.0 Å². The van der Waals surface area contributed by atoms with Crippen LogP contribution in [0.2, 0.25) is 0 Å². The van der Waals surface area contributed by atoms with Gasteiger partial charge in [-0.15, -0.1) is 0 Å². The number of unbranched alkanes of at least 4 members (excludes halogenated alkanes) is 7. The number of phosphoric acid groups is 1. The van der Waals surface area contributed by atoms with Crippen LogP contribution in [0.4, 0.5) is 0 Å². The lowest BCUT2D eigenvalue weighted by Gasteiger charge is -2.18. The quantitative estimate of drug-likeness (QED) is 0.0188. The third-order valence-corrected chi connectivity index (χ3v) is 8.34. The number of rotatable bonds is 35. The average Bonchev–Trinajstić information content (AvgIpc) is 3.15. The van der Waals surface area contributed by atoms with Gasteiger partial charge in [0.1, 0.15) is 6.61 Å². The molecule has 9 nitrogen and oxygen atoms in total. The highest BCUT2D eigenvalue weighted by Gasteiger charge is 2.22. The number of carbonyl (C=O) groups is 2. The molecule has 0 aromatic heterocycles. The Kier molecular flexibility index (Phi) is 36.6. The summed E-state index contributed by atoms with van der Waals surface area (Å²) in [5.41, 5.74) is 0. The molecule has 0 spiro atoms. The van der Waals surface area contributed by atoms with Gasteiger partial charge in [0.05, 0.1) is 12.7 Å². The number of ether oxygens (including phenoxy) is 2. The Morgan fingerprint density at radius 3 is 1.60 bits per heavy atom. The van der Waals surface area contributed by atoms with Gasteiger partial charge in [-0.2, -0.15) is 0 Å². The maximum Gasteiger partial charge on any atom is 0.469 e. The van der Waals surface area contributed by atoms with Crippen LogP contribution in [0, 0.1) is 0 Å². The molecule has 0 aliphatic heterocycles. The van der Waals surface area contributed by atoms with Crippen LogP contribution >= 0.6 is 7.82 Å². The average molecular weight is 787 g/mol. The zero-order valence-electron chi connectivity index (χ0n) is 33.6. The number of hydrogen-bond acceptors (Lipinski definition) is 7. The van der Waals surface area contributed by atoms with E-state index < -0.39 is 38.6 Å². The zero-order valence-corrected chi connectivity index (χ0v) is 34.5. The van der Waals surface area contributed by atoms with Gasteiger partial charge in [-0.05, 0) is 83.5 Å². The third kappa shape index (κ3) is 41.7. The molecule has 0 aliphatic carbocycles. The van der Waals surface area contributed by atoms with E-state index in [0.717, 1.165) is 32.1 Å². The van der Waals surface area contributed by atoms with Gasteiger partial charge in [0.2, 0.25) is 0 Å². The van der Waals surface area contributed by atoms with Crippen molar-refractivity contribution in [3.63, 3.8) is 0 Å². The van der Waals surface area contributed by atoms with E-state index in [1.165, 1.54) is 44.9 Å². The predicted octanol–water partition coefficient (Wildman–Crippen LogP) is 11.4. The first-order chi connectivity index (χ1) is 26.7. The first kappa shape index (κ1) is 51.7. The summed E-state index contributed by atoms with van der Waals surface area (Å²) >= 11 is 0. The Morgan fingerprint density at radius 1 is 0.564 bits per heavy atom. The molecule has 0 radical (unpaired) electrons. The molecule has 310 valence electrons. The number of allylic oxidation sites excluding steroid dienone is 16. The van der Waals surface area contributed by atoms with Crippen LogP contribution in [0.5, 0.6) is 0 Å². The molecule has 0 rings (SSSR count). The van der Waals surface area contributed by atoms with Gasteiger partial charge >= 0.3 is 19.8 Å². The second kappa shape index (κ2) is 38.9. The predicted molar refractivity (Wildman–Crippen MR) is 226 cm³/mol. The Labute approximate surface area is 332 Å². The molecule has 0 aromatic carbocycles. The molecule has 0 amide bonds. The first-order valence-electron chi connectivity index (χ1n) is 20.3. The van der Waals surface area contributed by atoms with Gasteiger partial charge in [0.15, 0.2) is 6.10 Å². The van der Waals surface area contributed by atoms with E-state index in [0.29, 0.717) is 32.1 Å². The van der Waals surface area contributed by atoms with Crippen LogP contribution in [0.1, 0.15) is 136 Å². The summed E-state index contributed by atoms with van der Waals surface area (Å²) in [6.07, 6.45) is 51.3. The molecule has 0 aromatic rings. The molecule has 2 atom stereocenters. The number of hydrogen-bond donors (Lipinski definition) is 3. The number of phosphoric ester groups is 1. The number of aliphatic hydroxyl groups excluding tert-OH is 1. The highest BCUT2D eigenvalue weighted by atomic mass is 31.2. The molecule has 3 N–H and O–H groups in total. The SMILES string of the molecule is CCCCC/C=C\C=C/[C@H](O)C/C=C\C/C=C/CCCC(=O)O[C@H](COC(=O)CC/C=C\C/C=C\C/C=C\C/C=C\C/C=C\CCCCC)COP(=O)(O)O. The van der Waals surface area contributed by atoms with Crippen molar-refractivity contribution >= 4 is 19.8 Å². The number of carbonyl (C=O) groups excluding carboxylic acids is 2. The molecule has 0 saturated heterocycles. The minimum absolute atomic E-state index is 0.0797. The lowest BCUT2D eigenvalue weighted by molar-refractivity contribution is -0.161. The van der Waals surface area contributed by atoms with Crippen molar-refractivity contribution in [3.05, 3.63) is 109 Å². The summed E-state index contributed by atoms with van der Waals surface area (Å²) in [7, 11) is -4.81. The molecule has 0 heterocycles. The fourth-order valence-electron chi connectivity index (χ4n) is 4.78. The second-order valence-electron chi connectivity index (χ2n) is 13.1. The van der Waals surface area contributed by atoms with Gasteiger partial charge in [-0.1, -0.05) is 149 Å². The van der Waals surface area contributed by atoms with Crippen molar-refractivity contribution in [1.82, 2.24) is 0 Å². The van der Waals surface area contributed by atoms with E-state index in [1.807, 2.05) is 48.6 Å². The van der Waals surface area contributed by atoms with Crippen molar-refractivity contribution in [2.24, 2.45) is 0 Å². The smallest absolute Gasteiger partial charge is 0.462 e. The van der Waals surface area contributed by atoms with E-state index in [9.17, 15) is 19.3 Å². The standard InChI is InChI=1S/C45H71O9P/c1-3-5-7-9-11-12-13-14-15-16-17-18-19-20-21-22-26-30-34-38-44(47)52-40-43(41-53-55(49,50)51)54-45(48)39-35-31-27-23-25-29-33-37-42(46)36-32-28-24-10-8-6-4-2/h11-12,14-15,17-18,20-21,23-24,26-30,32-33,36,42-43,46H,3-10,13,16,19,22,25,31,34-35,37-41H2,1-2H3,(H2,49,50,51)/b12-11-,15-14-,18-17-,21-20-,27-23+,28-24-,30-26-,33-29-,36-32-/t42-,43+/m0/s1. The second-order valence-corrected chi connectivity index (χ2v) is 14.3. The molecular formula is C45H71O9P. The largest absolute Gasteiger partial charge is 0.469 e.